The molecule has 212 valence electrons. The van der Waals surface area contributed by atoms with Crippen LogP contribution in [0.25, 0.3) is 17.4 Å². The van der Waals surface area contributed by atoms with Gasteiger partial charge in [0.1, 0.15) is 11.5 Å². The van der Waals surface area contributed by atoms with Gasteiger partial charge in [0.15, 0.2) is 16.3 Å². The molecule has 4 aromatic rings. The number of hydrogen-bond donors (Lipinski definition) is 0. The fourth-order valence-electron chi connectivity index (χ4n) is 4.56. The number of furan rings is 1. The third-order valence-corrected chi connectivity index (χ3v) is 8.92. The zero-order valence-electron chi connectivity index (χ0n) is 22.3. The highest BCUT2D eigenvalue weighted by molar-refractivity contribution is 9.10. The SMILES string of the molecule is CCOC(=O)C1=C(C)N=c2s/c(=C\c3ccc(-c4cccc(Cl)c4Cl)o3)c(=O)n2C1c1cc(OC)c(OC)cc1Br. The summed E-state index contributed by atoms with van der Waals surface area (Å²) in [6.45, 7) is 3.61. The number of ether oxygens (including phenoxy) is 3. The first kappa shape index (κ1) is 29.2. The largest absolute Gasteiger partial charge is 0.493 e. The molecule has 12 heteroatoms. The zero-order valence-corrected chi connectivity index (χ0v) is 26.2. The lowest BCUT2D eigenvalue weighted by Gasteiger charge is -2.26. The van der Waals surface area contributed by atoms with E-state index in [9.17, 15) is 9.59 Å². The Morgan fingerprint density at radius 1 is 1.17 bits per heavy atom. The summed E-state index contributed by atoms with van der Waals surface area (Å²) >= 11 is 17.3. The van der Waals surface area contributed by atoms with Crippen LogP contribution in [0.5, 0.6) is 11.5 Å². The number of allylic oxidation sites excluding steroid dienone is 1. The Balaban J connectivity index is 1.69. The molecule has 1 unspecified atom stereocenters. The molecule has 0 aliphatic carbocycles. The molecule has 0 spiro atoms. The van der Waals surface area contributed by atoms with Gasteiger partial charge in [-0.1, -0.05) is 56.5 Å². The number of carbonyl (C=O) groups excluding carboxylic acids is 1. The van der Waals surface area contributed by atoms with Gasteiger partial charge in [0.2, 0.25) is 0 Å². The van der Waals surface area contributed by atoms with Crippen molar-refractivity contribution in [2.45, 2.75) is 19.9 Å². The van der Waals surface area contributed by atoms with Gasteiger partial charge in [-0.05, 0) is 55.8 Å². The Morgan fingerprint density at radius 2 is 1.90 bits per heavy atom. The summed E-state index contributed by atoms with van der Waals surface area (Å²) in [5, 5.41) is 0.779. The number of rotatable bonds is 7. The Hall–Kier alpha value is -3.31. The molecule has 0 amide bonds. The number of hydrogen-bond acceptors (Lipinski definition) is 8. The van der Waals surface area contributed by atoms with E-state index in [1.807, 2.05) is 0 Å². The van der Waals surface area contributed by atoms with E-state index in [0.717, 1.165) is 0 Å². The van der Waals surface area contributed by atoms with E-state index in [-0.39, 0.29) is 17.7 Å². The highest BCUT2D eigenvalue weighted by atomic mass is 79.9. The van der Waals surface area contributed by atoms with Crippen LogP contribution in [0.2, 0.25) is 10.0 Å². The molecule has 0 bridgehead atoms. The summed E-state index contributed by atoms with van der Waals surface area (Å²) in [5.74, 6) is 1.30. The van der Waals surface area contributed by atoms with Gasteiger partial charge in [-0.2, -0.15) is 0 Å². The second kappa shape index (κ2) is 11.9. The zero-order chi connectivity index (χ0) is 29.4. The van der Waals surface area contributed by atoms with E-state index in [0.29, 0.717) is 63.7 Å². The van der Waals surface area contributed by atoms with Crippen LogP contribution in [0, 0.1) is 0 Å². The molecule has 3 heterocycles. The second-order valence-electron chi connectivity index (χ2n) is 8.83. The lowest BCUT2D eigenvalue weighted by atomic mass is 9.95. The van der Waals surface area contributed by atoms with Crippen molar-refractivity contribution in [1.29, 1.82) is 0 Å². The number of esters is 1. The van der Waals surface area contributed by atoms with E-state index in [1.54, 1.807) is 62.4 Å². The minimum atomic E-state index is -0.848. The van der Waals surface area contributed by atoms with Crippen molar-refractivity contribution in [3.8, 4) is 22.8 Å². The van der Waals surface area contributed by atoms with Crippen LogP contribution in [-0.4, -0.2) is 31.4 Å². The van der Waals surface area contributed by atoms with Gasteiger partial charge in [0, 0.05) is 16.1 Å². The van der Waals surface area contributed by atoms with Crippen molar-refractivity contribution in [2.75, 3.05) is 20.8 Å². The first-order valence-corrected chi connectivity index (χ1v) is 14.7. The average molecular weight is 678 g/mol. The van der Waals surface area contributed by atoms with E-state index >= 15 is 0 Å². The van der Waals surface area contributed by atoms with Crippen molar-refractivity contribution in [3.05, 3.63) is 99.3 Å². The monoisotopic (exact) mass is 676 g/mol. The summed E-state index contributed by atoms with van der Waals surface area (Å²) in [4.78, 5) is 32.2. The number of aromatic nitrogens is 1. The summed E-state index contributed by atoms with van der Waals surface area (Å²) in [6.07, 6.45) is 1.63. The quantitative estimate of drug-likeness (QED) is 0.218. The summed E-state index contributed by atoms with van der Waals surface area (Å²) < 4.78 is 24.8. The molecule has 0 fully saturated rings. The summed E-state index contributed by atoms with van der Waals surface area (Å²) in [7, 11) is 3.05. The van der Waals surface area contributed by atoms with Gasteiger partial charge in [-0.25, -0.2) is 9.79 Å². The molecule has 2 aromatic heterocycles. The molecular formula is C29H23BrCl2N2O6S. The van der Waals surface area contributed by atoms with Gasteiger partial charge in [-0.15, -0.1) is 0 Å². The van der Waals surface area contributed by atoms with Gasteiger partial charge in [0.05, 0.1) is 52.7 Å². The molecule has 8 nitrogen and oxygen atoms in total. The highest BCUT2D eigenvalue weighted by Gasteiger charge is 2.35. The molecule has 1 aliphatic rings. The topological polar surface area (TPSA) is 92.3 Å². The second-order valence-corrected chi connectivity index (χ2v) is 11.5. The van der Waals surface area contributed by atoms with Gasteiger partial charge in [0.25, 0.3) is 5.56 Å². The van der Waals surface area contributed by atoms with Crippen LogP contribution >= 0.6 is 50.5 Å². The third kappa shape index (κ3) is 5.37. The summed E-state index contributed by atoms with van der Waals surface area (Å²) in [6, 6.07) is 11.4. The van der Waals surface area contributed by atoms with Crippen molar-refractivity contribution in [1.82, 2.24) is 4.57 Å². The molecule has 2 aromatic carbocycles. The first-order valence-electron chi connectivity index (χ1n) is 12.3. The Bertz CT molecular complexity index is 1890. The molecule has 0 saturated carbocycles. The fraction of sp³-hybridized carbons (Fsp3) is 0.207. The van der Waals surface area contributed by atoms with Crippen LogP contribution < -0.4 is 24.4 Å². The van der Waals surface area contributed by atoms with E-state index in [4.69, 9.17) is 41.8 Å². The van der Waals surface area contributed by atoms with Crippen LogP contribution in [0.3, 0.4) is 0 Å². The number of methoxy groups -OCH3 is 2. The van der Waals surface area contributed by atoms with Gasteiger partial charge in [-0.3, -0.25) is 9.36 Å². The Labute approximate surface area is 257 Å². The third-order valence-electron chi connectivity index (χ3n) is 6.43. The standard InChI is InChI=1S/C29H23BrCl2N2O6S/c1-5-39-28(36)24-14(2)33-29-34(26(24)17-12-21(37-3)22(38-4)13-18(17)30)27(35)23(41-29)11-15-9-10-20(40-15)16-7-6-8-19(31)25(16)32/h6-13,26H,5H2,1-4H3/b23-11-. The van der Waals surface area contributed by atoms with E-state index < -0.39 is 12.0 Å². The molecular weight excluding hydrogens is 655 g/mol. The predicted octanol–water partition coefficient (Wildman–Crippen LogP) is 6.14. The number of carbonyl (C=O) groups is 1. The number of benzene rings is 2. The average Bonchev–Trinajstić information content (AvgIpc) is 3.53. The maximum absolute atomic E-state index is 14.0. The molecule has 0 N–H and O–H groups in total. The number of fused-ring (bicyclic) bond motifs is 1. The van der Waals surface area contributed by atoms with Crippen molar-refractivity contribution < 1.29 is 23.4 Å². The smallest absolute Gasteiger partial charge is 0.338 e. The molecule has 5 rings (SSSR count). The molecule has 1 atom stereocenters. The van der Waals surface area contributed by atoms with Gasteiger partial charge < -0.3 is 18.6 Å². The van der Waals surface area contributed by atoms with Crippen LogP contribution in [0.4, 0.5) is 0 Å². The highest BCUT2D eigenvalue weighted by Crippen LogP contribution is 2.41. The van der Waals surface area contributed by atoms with E-state index in [1.165, 1.54) is 30.1 Å². The molecule has 0 radical (unpaired) electrons. The number of halogens is 3. The maximum atomic E-state index is 14.0. The van der Waals surface area contributed by atoms with Crippen molar-refractivity contribution in [3.63, 3.8) is 0 Å². The lowest BCUT2D eigenvalue weighted by Crippen LogP contribution is -2.40. The van der Waals surface area contributed by atoms with Gasteiger partial charge >= 0.3 is 5.97 Å². The summed E-state index contributed by atoms with van der Waals surface area (Å²) in [5.41, 5.74) is 1.57. The van der Waals surface area contributed by atoms with Crippen molar-refractivity contribution in [2.24, 2.45) is 4.99 Å². The molecule has 41 heavy (non-hydrogen) atoms. The lowest BCUT2D eigenvalue weighted by molar-refractivity contribution is -0.139. The molecule has 0 saturated heterocycles. The van der Waals surface area contributed by atoms with Crippen LogP contribution in [0.1, 0.15) is 31.2 Å². The van der Waals surface area contributed by atoms with E-state index in [2.05, 4.69) is 20.9 Å². The van der Waals surface area contributed by atoms with Crippen molar-refractivity contribution >= 4 is 62.5 Å². The fourth-order valence-corrected chi connectivity index (χ4v) is 6.52. The number of nitrogens with zero attached hydrogens (tertiary/aromatic N) is 2. The Kier molecular flexibility index (Phi) is 8.47. The predicted molar refractivity (Wildman–Crippen MR) is 162 cm³/mol. The molecule has 1 aliphatic heterocycles. The number of thiazole rings is 1. The normalized spacial score (nSPS) is 15.0. The first-order chi connectivity index (χ1) is 19.7. The van der Waals surface area contributed by atoms with Crippen LogP contribution in [-0.2, 0) is 9.53 Å². The maximum Gasteiger partial charge on any atom is 0.338 e. The minimum absolute atomic E-state index is 0.164. The van der Waals surface area contributed by atoms with Crippen LogP contribution in [0.15, 0.2) is 72.4 Å². The Morgan fingerprint density at radius 3 is 2.61 bits per heavy atom. The minimum Gasteiger partial charge on any atom is -0.493 e.